The average Bonchev–Trinajstić information content (AvgIpc) is 3.15. The van der Waals surface area contributed by atoms with Gasteiger partial charge in [0, 0.05) is 30.2 Å². The van der Waals surface area contributed by atoms with Crippen molar-refractivity contribution in [1.82, 2.24) is 24.7 Å². The quantitative estimate of drug-likeness (QED) is 0.457. The first-order valence-corrected chi connectivity index (χ1v) is 10.2. The highest BCUT2D eigenvalue weighted by Crippen LogP contribution is 2.20. The summed E-state index contributed by atoms with van der Waals surface area (Å²) in [6.45, 7) is 6.96. The number of aromatic nitrogens is 5. The summed E-state index contributed by atoms with van der Waals surface area (Å²) in [5.41, 5.74) is 6.25. The van der Waals surface area contributed by atoms with Crippen molar-refractivity contribution in [2.75, 3.05) is 11.9 Å². The third-order valence-corrected chi connectivity index (χ3v) is 5.22. The molecule has 0 atom stereocenters. The van der Waals surface area contributed by atoms with Crippen LogP contribution in [0, 0.1) is 20.8 Å². The second-order valence-electron chi connectivity index (χ2n) is 7.37. The van der Waals surface area contributed by atoms with Crippen LogP contribution in [0.3, 0.4) is 0 Å². The van der Waals surface area contributed by atoms with Crippen LogP contribution in [0.2, 0.25) is 0 Å². The maximum absolute atomic E-state index is 4.71. The van der Waals surface area contributed by atoms with Gasteiger partial charge in [0.1, 0.15) is 11.5 Å². The lowest BCUT2D eigenvalue weighted by molar-refractivity contribution is 0.850. The molecule has 6 heteroatoms. The molecule has 1 aromatic carbocycles. The van der Waals surface area contributed by atoms with Gasteiger partial charge in [-0.25, -0.2) is 14.6 Å². The smallest absolute Gasteiger partial charge is 0.180 e. The fourth-order valence-electron chi connectivity index (χ4n) is 3.35. The summed E-state index contributed by atoms with van der Waals surface area (Å²) in [7, 11) is 0. The molecule has 0 fully saturated rings. The van der Waals surface area contributed by atoms with E-state index in [4.69, 9.17) is 4.98 Å². The molecule has 0 aliphatic rings. The Morgan fingerprint density at radius 3 is 2.47 bits per heavy atom. The first-order valence-electron chi connectivity index (χ1n) is 10.2. The molecule has 6 nitrogen and oxygen atoms in total. The van der Waals surface area contributed by atoms with E-state index in [1.165, 1.54) is 5.56 Å². The third kappa shape index (κ3) is 4.38. The molecule has 4 rings (SSSR count). The predicted molar refractivity (Wildman–Crippen MR) is 120 cm³/mol. The number of nitrogens with one attached hydrogen (secondary N) is 1. The largest absolute Gasteiger partial charge is 0.370 e. The van der Waals surface area contributed by atoms with Gasteiger partial charge in [0.15, 0.2) is 5.82 Å². The molecule has 0 aliphatic heterocycles. The van der Waals surface area contributed by atoms with Crippen molar-refractivity contribution >= 4 is 5.82 Å². The van der Waals surface area contributed by atoms with Crippen LogP contribution < -0.4 is 5.32 Å². The highest BCUT2D eigenvalue weighted by atomic mass is 15.3. The Morgan fingerprint density at radius 1 is 0.900 bits per heavy atom. The molecule has 0 saturated heterocycles. The number of benzene rings is 1. The molecule has 0 saturated carbocycles. The van der Waals surface area contributed by atoms with Gasteiger partial charge in [0.25, 0.3) is 0 Å². The minimum atomic E-state index is 0.654. The van der Waals surface area contributed by atoms with Gasteiger partial charge in [-0.1, -0.05) is 24.3 Å². The number of para-hydroxylation sites is 1. The van der Waals surface area contributed by atoms with Crippen molar-refractivity contribution < 1.29 is 0 Å². The number of aryl methyl sites for hydroxylation is 3. The number of nitrogens with zero attached hydrogens (tertiary/aromatic N) is 5. The van der Waals surface area contributed by atoms with E-state index in [2.05, 4.69) is 45.6 Å². The van der Waals surface area contributed by atoms with Crippen LogP contribution in [0.1, 0.15) is 28.9 Å². The van der Waals surface area contributed by atoms with Crippen LogP contribution in [-0.4, -0.2) is 31.3 Å². The monoisotopic (exact) mass is 398 g/mol. The number of rotatable bonds is 7. The number of hydrogen-bond acceptors (Lipinski definition) is 5. The molecule has 0 bridgehead atoms. The molecule has 0 spiro atoms. The molecule has 3 heterocycles. The van der Waals surface area contributed by atoms with E-state index in [-0.39, 0.29) is 0 Å². The van der Waals surface area contributed by atoms with Crippen molar-refractivity contribution in [3.63, 3.8) is 0 Å². The number of pyridine rings is 1. The van der Waals surface area contributed by atoms with Crippen LogP contribution >= 0.6 is 0 Å². The maximum Gasteiger partial charge on any atom is 0.180 e. The molecule has 3 aromatic heterocycles. The molecule has 4 aromatic rings. The zero-order valence-corrected chi connectivity index (χ0v) is 17.6. The minimum Gasteiger partial charge on any atom is -0.370 e. The van der Waals surface area contributed by atoms with Gasteiger partial charge < -0.3 is 5.32 Å². The predicted octanol–water partition coefficient (Wildman–Crippen LogP) is 4.69. The molecular formula is C24H26N6. The summed E-state index contributed by atoms with van der Waals surface area (Å²) < 4.78 is 1.95. The van der Waals surface area contributed by atoms with E-state index in [0.29, 0.717) is 5.82 Å². The average molecular weight is 399 g/mol. The zero-order chi connectivity index (χ0) is 20.9. The molecule has 0 radical (unpaired) electrons. The van der Waals surface area contributed by atoms with E-state index in [9.17, 15) is 0 Å². The summed E-state index contributed by atoms with van der Waals surface area (Å²) >= 11 is 0. The Balaban J connectivity index is 1.40. The Labute approximate surface area is 177 Å². The molecule has 1 N–H and O–H groups in total. The van der Waals surface area contributed by atoms with Gasteiger partial charge in [-0.2, -0.15) is 5.10 Å². The summed E-state index contributed by atoms with van der Waals surface area (Å²) in [6, 6.07) is 16.0. The Morgan fingerprint density at radius 2 is 1.70 bits per heavy atom. The van der Waals surface area contributed by atoms with E-state index >= 15 is 0 Å². The summed E-state index contributed by atoms with van der Waals surface area (Å²) in [4.78, 5) is 13.7. The van der Waals surface area contributed by atoms with Crippen LogP contribution in [0.15, 0.2) is 60.9 Å². The van der Waals surface area contributed by atoms with Gasteiger partial charge in [-0.05, 0) is 63.4 Å². The number of anilines is 1. The molecular weight excluding hydrogens is 372 g/mol. The van der Waals surface area contributed by atoms with Gasteiger partial charge in [-0.15, -0.1) is 0 Å². The van der Waals surface area contributed by atoms with Crippen LogP contribution in [-0.2, 0) is 6.42 Å². The number of hydrogen-bond donors (Lipinski definition) is 1. The summed E-state index contributed by atoms with van der Waals surface area (Å²) in [5.74, 6) is 1.53. The molecule has 0 aliphatic carbocycles. The first-order chi connectivity index (χ1) is 14.6. The van der Waals surface area contributed by atoms with E-state index in [1.54, 1.807) is 6.20 Å². The molecule has 152 valence electrons. The van der Waals surface area contributed by atoms with Crippen molar-refractivity contribution in [3.05, 3.63) is 83.4 Å². The Hall–Kier alpha value is -3.54. The topological polar surface area (TPSA) is 68.5 Å². The lowest BCUT2D eigenvalue weighted by Gasteiger charge is -2.12. The maximum atomic E-state index is 4.71. The molecule has 0 unspecified atom stereocenters. The Bertz CT molecular complexity index is 1120. The SMILES string of the molecule is Cc1nn(-c2ccccc2)cc1CCCNc1nc(-c2ccccn2)nc(C)c1C. The molecule has 0 amide bonds. The van der Waals surface area contributed by atoms with Crippen molar-refractivity contribution in [3.8, 4) is 17.2 Å². The fourth-order valence-corrected chi connectivity index (χ4v) is 3.35. The zero-order valence-electron chi connectivity index (χ0n) is 17.6. The van der Waals surface area contributed by atoms with Gasteiger partial charge >= 0.3 is 0 Å². The highest BCUT2D eigenvalue weighted by Gasteiger charge is 2.11. The molecule has 30 heavy (non-hydrogen) atoms. The van der Waals surface area contributed by atoms with Crippen LogP contribution in [0.5, 0.6) is 0 Å². The second-order valence-corrected chi connectivity index (χ2v) is 7.37. The van der Waals surface area contributed by atoms with E-state index in [0.717, 1.165) is 53.5 Å². The summed E-state index contributed by atoms with van der Waals surface area (Å²) in [5, 5.41) is 8.14. The first kappa shape index (κ1) is 19.8. The Kier molecular flexibility index (Phi) is 5.84. The van der Waals surface area contributed by atoms with Gasteiger partial charge in [0.2, 0.25) is 0 Å². The van der Waals surface area contributed by atoms with Gasteiger partial charge in [-0.3, -0.25) is 4.98 Å². The minimum absolute atomic E-state index is 0.654. The fraction of sp³-hybridized carbons (Fsp3) is 0.250. The van der Waals surface area contributed by atoms with Crippen molar-refractivity contribution in [2.24, 2.45) is 0 Å². The standard InChI is InChI=1S/C24H26N6/c1-17-18(2)27-24(22-13-7-8-14-25-22)28-23(17)26-15-9-10-20-16-30(29-19(20)3)21-11-5-4-6-12-21/h4-8,11-14,16H,9-10,15H2,1-3H3,(H,26,27,28). The van der Waals surface area contributed by atoms with Crippen LogP contribution in [0.4, 0.5) is 5.82 Å². The lowest BCUT2D eigenvalue weighted by atomic mass is 10.1. The van der Waals surface area contributed by atoms with E-state index < -0.39 is 0 Å². The highest BCUT2D eigenvalue weighted by molar-refractivity contribution is 5.56. The van der Waals surface area contributed by atoms with Gasteiger partial charge in [0.05, 0.1) is 11.4 Å². The summed E-state index contributed by atoms with van der Waals surface area (Å²) in [6.07, 6.45) is 5.84. The third-order valence-electron chi connectivity index (χ3n) is 5.22. The van der Waals surface area contributed by atoms with E-state index in [1.807, 2.05) is 54.9 Å². The lowest BCUT2D eigenvalue weighted by Crippen LogP contribution is -2.09. The van der Waals surface area contributed by atoms with Crippen molar-refractivity contribution in [2.45, 2.75) is 33.6 Å². The normalized spacial score (nSPS) is 10.9. The van der Waals surface area contributed by atoms with Crippen LogP contribution in [0.25, 0.3) is 17.2 Å². The van der Waals surface area contributed by atoms with Crippen molar-refractivity contribution in [1.29, 1.82) is 0 Å². The second kappa shape index (κ2) is 8.86.